The molecule has 2 amide bonds. The summed E-state index contributed by atoms with van der Waals surface area (Å²) >= 11 is 0. The molecule has 2 N–H and O–H groups in total. The molecule has 9 nitrogen and oxygen atoms in total. The van der Waals surface area contributed by atoms with Gasteiger partial charge in [-0.25, -0.2) is 4.98 Å². The number of ether oxygens (including phenoxy) is 3. The number of aromatic nitrogens is 2. The summed E-state index contributed by atoms with van der Waals surface area (Å²) in [5, 5.41) is 5.71. The van der Waals surface area contributed by atoms with E-state index in [-0.39, 0.29) is 31.8 Å². The first-order valence-electron chi connectivity index (χ1n) is 9.48. The van der Waals surface area contributed by atoms with Gasteiger partial charge in [0, 0.05) is 18.9 Å². The van der Waals surface area contributed by atoms with Crippen molar-refractivity contribution in [2.75, 3.05) is 25.8 Å². The highest BCUT2D eigenvalue weighted by Crippen LogP contribution is 2.34. The summed E-state index contributed by atoms with van der Waals surface area (Å²) in [4.78, 5) is 29.3. The molecule has 2 heterocycles. The molecule has 1 unspecified atom stereocenters. The fourth-order valence-corrected chi connectivity index (χ4v) is 3.39. The normalized spacial score (nSPS) is 13.3. The van der Waals surface area contributed by atoms with Gasteiger partial charge >= 0.3 is 0 Å². The first kappa shape index (κ1) is 19.7. The van der Waals surface area contributed by atoms with Crippen LogP contribution < -0.4 is 20.1 Å². The first-order chi connectivity index (χ1) is 14.5. The Hall–Kier alpha value is -3.59. The molecule has 1 aliphatic heterocycles. The summed E-state index contributed by atoms with van der Waals surface area (Å²) in [6.07, 6.45) is 0. The van der Waals surface area contributed by atoms with Crippen LogP contribution in [0.15, 0.2) is 42.5 Å². The number of fused-ring (bicyclic) bond motifs is 2. The smallest absolute Gasteiger partial charge is 0.246 e. The molecule has 30 heavy (non-hydrogen) atoms. The van der Waals surface area contributed by atoms with E-state index in [1.54, 1.807) is 22.8 Å². The number of rotatable bonds is 7. The van der Waals surface area contributed by atoms with Gasteiger partial charge in [-0.3, -0.25) is 9.59 Å². The van der Waals surface area contributed by atoms with Crippen LogP contribution in [-0.2, 0) is 20.9 Å². The maximum Gasteiger partial charge on any atom is 0.246 e. The van der Waals surface area contributed by atoms with Crippen LogP contribution in [0.2, 0.25) is 0 Å². The molecule has 3 aromatic rings. The van der Waals surface area contributed by atoms with Crippen molar-refractivity contribution in [3.63, 3.8) is 0 Å². The molecule has 0 radical (unpaired) electrons. The van der Waals surface area contributed by atoms with Crippen molar-refractivity contribution in [2.45, 2.75) is 19.5 Å². The van der Waals surface area contributed by atoms with Gasteiger partial charge in [0.25, 0.3) is 0 Å². The highest BCUT2D eigenvalue weighted by atomic mass is 16.7. The second-order valence-electron chi connectivity index (χ2n) is 6.88. The van der Waals surface area contributed by atoms with E-state index in [0.29, 0.717) is 23.0 Å². The van der Waals surface area contributed by atoms with Gasteiger partial charge in [-0.15, -0.1) is 0 Å². The van der Waals surface area contributed by atoms with Crippen LogP contribution >= 0.6 is 0 Å². The molecule has 0 saturated heterocycles. The first-order valence-corrected chi connectivity index (χ1v) is 9.48. The van der Waals surface area contributed by atoms with Gasteiger partial charge in [-0.05, 0) is 31.2 Å². The lowest BCUT2D eigenvalue weighted by Gasteiger charge is -2.16. The van der Waals surface area contributed by atoms with E-state index in [1.165, 1.54) is 7.11 Å². The third-order valence-electron chi connectivity index (χ3n) is 4.68. The van der Waals surface area contributed by atoms with Crippen LogP contribution in [0.3, 0.4) is 0 Å². The standard InChI is InChI=1S/C21H22N4O5/c1-13(22-20(27)11-28-2)21-24-15-5-3-4-6-16(15)25(21)10-19(26)23-14-7-8-17-18(9-14)30-12-29-17/h3-9,13H,10-12H2,1-2H3,(H,22,27)(H,23,26). The lowest BCUT2D eigenvalue weighted by Crippen LogP contribution is -2.32. The molecule has 2 aromatic carbocycles. The Morgan fingerprint density at radius 2 is 1.97 bits per heavy atom. The summed E-state index contributed by atoms with van der Waals surface area (Å²) < 4.78 is 17.3. The maximum atomic E-state index is 12.8. The average molecular weight is 410 g/mol. The van der Waals surface area contributed by atoms with E-state index < -0.39 is 6.04 Å². The lowest BCUT2D eigenvalue weighted by atomic mass is 10.2. The molecule has 1 aromatic heterocycles. The number of hydrogen-bond donors (Lipinski definition) is 2. The van der Waals surface area contributed by atoms with E-state index >= 15 is 0 Å². The van der Waals surface area contributed by atoms with Crippen molar-refractivity contribution in [1.29, 1.82) is 0 Å². The summed E-state index contributed by atoms with van der Waals surface area (Å²) in [7, 11) is 1.46. The highest BCUT2D eigenvalue weighted by molar-refractivity contribution is 5.92. The summed E-state index contributed by atoms with van der Waals surface area (Å²) in [6, 6.07) is 12.4. The zero-order valence-electron chi connectivity index (χ0n) is 16.7. The van der Waals surface area contributed by atoms with E-state index in [9.17, 15) is 9.59 Å². The lowest BCUT2D eigenvalue weighted by molar-refractivity contribution is -0.125. The number of imidazole rings is 1. The van der Waals surface area contributed by atoms with Crippen LogP contribution in [0.1, 0.15) is 18.8 Å². The Morgan fingerprint density at radius 1 is 1.17 bits per heavy atom. The predicted molar refractivity (Wildman–Crippen MR) is 109 cm³/mol. The number of methoxy groups -OCH3 is 1. The molecule has 0 spiro atoms. The minimum absolute atomic E-state index is 0.0365. The molecule has 9 heteroatoms. The van der Waals surface area contributed by atoms with Crippen LogP contribution in [0, 0.1) is 0 Å². The minimum atomic E-state index is -0.404. The number of nitrogens with one attached hydrogen (secondary N) is 2. The number of benzene rings is 2. The van der Waals surface area contributed by atoms with E-state index in [1.807, 2.05) is 31.2 Å². The molecule has 4 rings (SSSR count). The van der Waals surface area contributed by atoms with E-state index in [2.05, 4.69) is 15.6 Å². The van der Waals surface area contributed by atoms with Crippen molar-refractivity contribution >= 4 is 28.5 Å². The Labute approximate surface area is 172 Å². The molecule has 0 bridgehead atoms. The van der Waals surface area contributed by atoms with Crippen molar-refractivity contribution in [3.8, 4) is 11.5 Å². The van der Waals surface area contributed by atoms with Crippen molar-refractivity contribution < 1.29 is 23.8 Å². The van der Waals surface area contributed by atoms with Crippen LogP contribution in [-0.4, -0.2) is 41.9 Å². The van der Waals surface area contributed by atoms with Gasteiger partial charge in [0.15, 0.2) is 11.5 Å². The highest BCUT2D eigenvalue weighted by Gasteiger charge is 2.20. The van der Waals surface area contributed by atoms with Crippen molar-refractivity contribution in [1.82, 2.24) is 14.9 Å². The number of hydrogen-bond acceptors (Lipinski definition) is 6. The van der Waals surface area contributed by atoms with Crippen molar-refractivity contribution in [2.24, 2.45) is 0 Å². The Kier molecular flexibility index (Phi) is 5.53. The number of carbonyl (C=O) groups is 2. The van der Waals surface area contributed by atoms with Gasteiger partial charge in [0.05, 0.1) is 17.1 Å². The molecule has 0 aliphatic carbocycles. The minimum Gasteiger partial charge on any atom is -0.454 e. The van der Waals surface area contributed by atoms with E-state index in [4.69, 9.17) is 14.2 Å². The molecule has 1 aliphatic rings. The molecule has 156 valence electrons. The van der Waals surface area contributed by atoms with Gasteiger partial charge < -0.3 is 29.4 Å². The molecule has 1 atom stereocenters. The summed E-state index contributed by atoms with van der Waals surface area (Å²) in [5.74, 6) is 1.34. The second kappa shape index (κ2) is 8.42. The number of carbonyl (C=O) groups excluding carboxylic acids is 2. The van der Waals surface area contributed by atoms with Gasteiger partial charge in [0.2, 0.25) is 18.6 Å². The zero-order valence-corrected chi connectivity index (χ0v) is 16.7. The van der Waals surface area contributed by atoms with E-state index in [0.717, 1.165) is 11.0 Å². The van der Waals surface area contributed by atoms with Crippen LogP contribution in [0.5, 0.6) is 11.5 Å². The topological polar surface area (TPSA) is 104 Å². The number of para-hydroxylation sites is 2. The SMILES string of the molecule is COCC(=O)NC(C)c1nc2ccccc2n1CC(=O)Nc1ccc2c(c1)OCO2. The van der Waals surface area contributed by atoms with Gasteiger partial charge in [-0.1, -0.05) is 12.1 Å². The third kappa shape index (κ3) is 4.06. The van der Waals surface area contributed by atoms with Crippen molar-refractivity contribution in [3.05, 3.63) is 48.3 Å². The monoisotopic (exact) mass is 410 g/mol. The maximum absolute atomic E-state index is 12.8. The largest absolute Gasteiger partial charge is 0.454 e. The summed E-state index contributed by atoms with van der Waals surface area (Å²) in [6.45, 7) is 1.98. The fourth-order valence-electron chi connectivity index (χ4n) is 3.39. The Balaban J connectivity index is 1.56. The Bertz CT molecular complexity index is 1090. The fraction of sp³-hybridized carbons (Fsp3) is 0.286. The molecular weight excluding hydrogens is 388 g/mol. The molecule has 0 fully saturated rings. The van der Waals surface area contributed by atoms with Gasteiger partial charge in [0.1, 0.15) is 19.0 Å². The molecular formula is C21H22N4O5. The average Bonchev–Trinajstić information content (AvgIpc) is 3.32. The number of amides is 2. The molecule has 0 saturated carbocycles. The Morgan fingerprint density at radius 3 is 2.80 bits per heavy atom. The van der Waals surface area contributed by atoms with Crippen LogP contribution in [0.4, 0.5) is 5.69 Å². The number of nitrogens with zero attached hydrogens (tertiary/aromatic N) is 2. The zero-order chi connectivity index (χ0) is 21.1. The summed E-state index contributed by atoms with van der Waals surface area (Å²) in [5.41, 5.74) is 2.16. The van der Waals surface area contributed by atoms with Crippen LogP contribution in [0.25, 0.3) is 11.0 Å². The van der Waals surface area contributed by atoms with Gasteiger partial charge in [-0.2, -0.15) is 0 Å². The second-order valence-corrected chi connectivity index (χ2v) is 6.88. The quantitative estimate of drug-likeness (QED) is 0.619. The third-order valence-corrected chi connectivity index (χ3v) is 4.68. The number of anilines is 1. The predicted octanol–water partition coefficient (Wildman–Crippen LogP) is 2.23.